The molecule has 0 saturated carbocycles. The number of aryl methyl sites for hydroxylation is 1. The van der Waals surface area contributed by atoms with Crippen molar-refractivity contribution in [2.45, 2.75) is 13.3 Å². The van der Waals surface area contributed by atoms with E-state index in [0.717, 1.165) is 5.56 Å². The van der Waals surface area contributed by atoms with Gasteiger partial charge >= 0.3 is 11.9 Å². The van der Waals surface area contributed by atoms with Gasteiger partial charge in [0.05, 0.1) is 11.1 Å². The minimum atomic E-state index is -0.895. The SMILES string of the molecule is CCc1ccccc1C(=O)OOC(=O)c1ccc2cc1N=[N+]2[O-]. The lowest BCUT2D eigenvalue weighted by atomic mass is 10.1. The van der Waals surface area contributed by atoms with Crippen LogP contribution in [0.5, 0.6) is 0 Å². The van der Waals surface area contributed by atoms with E-state index in [2.05, 4.69) is 14.9 Å². The zero-order valence-corrected chi connectivity index (χ0v) is 12.2. The lowest BCUT2D eigenvalue weighted by molar-refractivity contribution is -0.430. The molecule has 0 N–H and O–H groups in total. The van der Waals surface area contributed by atoms with Crippen molar-refractivity contribution < 1.29 is 24.2 Å². The summed E-state index contributed by atoms with van der Waals surface area (Å²) >= 11 is 0. The minimum absolute atomic E-state index is 0.0451. The first-order valence-electron chi connectivity index (χ1n) is 6.94. The Labute approximate surface area is 131 Å². The van der Waals surface area contributed by atoms with Crippen molar-refractivity contribution >= 4 is 23.3 Å². The Bertz CT molecular complexity index is 829. The fraction of sp³-hybridized carbons (Fsp3) is 0.125. The normalized spacial score (nSPS) is 11.8. The van der Waals surface area contributed by atoms with Gasteiger partial charge in [-0.15, -0.1) is 0 Å². The van der Waals surface area contributed by atoms with Crippen LogP contribution in [0.2, 0.25) is 0 Å². The largest absolute Gasteiger partial charge is 0.594 e. The zero-order chi connectivity index (χ0) is 16.4. The molecule has 0 aromatic heterocycles. The van der Waals surface area contributed by atoms with E-state index >= 15 is 0 Å². The molecule has 116 valence electrons. The van der Waals surface area contributed by atoms with Gasteiger partial charge in [0.1, 0.15) is 0 Å². The number of azo groups is 1. The molecule has 23 heavy (non-hydrogen) atoms. The maximum absolute atomic E-state index is 12.0. The molecule has 0 fully saturated rings. The van der Waals surface area contributed by atoms with Crippen LogP contribution in [-0.4, -0.2) is 16.8 Å². The molecule has 7 heteroatoms. The Morgan fingerprint density at radius 2 is 1.78 bits per heavy atom. The van der Waals surface area contributed by atoms with E-state index in [9.17, 15) is 14.8 Å². The second kappa shape index (κ2) is 5.88. The predicted molar refractivity (Wildman–Crippen MR) is 78.5 cm³/mol. The van der Waals surface area contributed by atoms with Crippen LogP contribution in [-0.2, 0) is 16.2 Å². The fourth-order valence-corrected chi connectivity index (χ4v) is 2.24. The third kappa shape index (κ3) is 2.76. The van der Waals surface area contributed by atoms with Crippen LogP contribution >= 0.6 is 0 Å². The molecule has 0 atom stereocenters. The van der Waals surface area contributed by atoms with Crippen LogP contribution in [0.4, 0.5) is 11.4 Å². The molecule has 1 heterocycles. The maximum Gasteiger partial charge on any atom is 0.388 e. The Kier molecular flexibility index (Phi) is 3.76. The number of benzene rings is 2. The number of rotatable bonds is 3. The fourth-order valence-electron chi connectivity index (χ4n) is 2.24. The molecule has 2 bridgehead atoms. The van der Waals surface area contributed by atoms with Gasteiger partial charge in [0.15, 0.2) is 5.69 Å². The first-order valence-corrected chi connectivity index (χ1v) is 6.94. The van der Waals surface area contributed by atoms with Gasteiger partial charge in [-0.25, -0.2) is 19.4 Å². The standard InChI is InChI=1S/C16H12N2O5/c1-2-10-5-3-4-6-12(10)15(19)22-23-16(20)13-8-7-11-9-14(13)17-18(11)21/h3-9H,2H2,1H3. The van der Waals surface area contributed by atoms with Gasteiger partial charge in [-0.05, 0) is 24.1 Å². The third-order valence-corrected chi connectivity index (χ3v) is 3.43. The molecule has 0 aliphatic carbocycles. The zero-order valence-electron chi connectivity index (χ0n) is 12.2. The van der Waals surface area contributed by atoms with Crippen LogP contribution < -0.4 is 0 Å². The van der Waals surface area contributed by atoms with Gasteiger partial charge in [-0.2, -0.15) is 0 Å². The number of hydrogen-bond donors (Lipinski definition) is 0. The molecule has 2 aromatic rings. The smallest absolute Gasteiger partial charge is 0.388 e. The number of carbonyl (C=O) groups excluding carboxylic acids is 2. The van der Waals surface area contributed by atoms with Crippen LogP contribution in [0.15, 0.2) is 47.6 Å². The second-order valence-electron chi connectivity index (χ2n) is 4.83. The predicted octanol–water partition coefficient (Wildman–Crippen LogP) is 3.42. The molecular formula is C16H12N2O5. The summed E-state index contributed by atoms with van der Waals surface area (Å²) in [5, 5.41) is 14.9. The average molecular weight is 312 g/mol. The van der Waals surface area contributed by atoms with Crippen LogP contribution in [0, 0.1) is 5.21 Å². The number of carbonyl (C=O) groups is 2. The summed E-state index contributed by atoms with van der Waals surface area (Å²) in [6, 6.07) is 11.1. The molecule has 2 aromatic carbocycles. The summed E-state index contributed by atoms with van der Waals surface area (Å²) in [6.07, 6.45) is 0.642. The van der Waals surface area contributed by atoms with E-state index in [-0.39, 0.29) is 11.3 Å². The number of nitrogens with zero attached hydrogens (tertiary/aromatic N) is 2. The summed E-state index contributed by atoms with van der Waals surface area (Å²) in [5.74, 6) is -1.65. The Balaban J connectivity index is 1.70. The van der Waals surface area contributed by atoms with E-state index < -0.39 is 11.9 Å². The van der Waals surface area contributed by atoms with Crippen LogP contribution in [0.25, 0.3) is 0 Å². The van der Waals surface area contributed by atoms with Gasteiger partial charge in [0.25, 0.3) is 0 Å². The first-order chi connectivity index (χ1) is 11.1. The van der Waals surface area contributed by atoms with Gasteiger partial charge in [-0.1, -0.05) is 30.0 Å². The van der Waals surface area contributed by atoms with Crippen molar-refractivity contribution in [1.82, 2.24) is 0 Å². The Morgan fingerprint density at radius 3 is 2.52 bits per heavy atom. The molecule has 0 radical (unpaired) electrons. The summed E-state index contributed by atoms with van der Waals surface area (Å²) in [6.45, 7) is 1.90. The van der Waals surface area contributed by atoms with Crippen LogP contribution in [0.1, 0.15) is 33.2 Å². The lowest BCUT2D eigenvalue weighted by Gasteiger charge is -2.06. The monoisotopic (exact) mass is 312 g/mol. The molecule has 1 aliphatic heterocycles. The topological polar surface area (TPSA) is 91.0 Å². The highest BCUT2D eigenvalue weighted by molar-refractivity contribution is 5.96. The van der Waals surface area contributed by atoms with Gasteiger partial charge in [0, 0.05) is 17.2 Å². The highest BCUT2D eigenvalue weighted by atomic mass is 17.2. The minimum Gasteiger partial charge on any atom is -0.594 e. The molecule has 1 aliphatic rings. The summed E-state index contributed by atoms with van der Waals surface area (Å²) in [4.78, 5) is 33.5. The molecule has 7 nitrogen and oxygen atoms in total. The second-order valence-corrected chi connectivity index (χ2v) is 4.83. The highest BCUT2D eigenvalue weighted by Crippen LogP contribution is 2.32. The van der Waals surface area contributed by atoms with Gasteiger partial charge in [0.2, 0.25) is 5.69 Å². The molecular weight excluding hydrogens is 300 g/mol. The first kappa shape index (κ1) is 14.7. The van der Waals surface area contributed by atoms with Gasteiger partial charge in [-0.3, -0.25) is 0 Å². The number of fused-ring (bicyclic) bond motifs is 2. The number of hydrogen-bond acceptors (Lipinski definition) is 6. The van der Waals surface area contributed by atoms with Crippen molar-refractivity contribution in [2.24, 2.45) is 5.11 Å². The van der Waals surface area contributed by atoms with E-state index in [1.54, 1.807) is 24.3 Å². The highest BCUT2D eigenvalue weighted by Gasteiger charge is 2.25. The Hall–Kier alpha value is -3.22. The van der Waals surface area contributed by atoms with Gasteiger partial charge < -0.3 is 5.21 Å². The van der Waals surface area contributed by atoms with Crippen molar-refractivity contribution in [1.29, 1.82) is 0 Å². The van der Waals surface area contributed by atoms with E-state index in [1.807, 2.05) is 6.92 Å². The summed E-state index contributed by atoms with van der Waals surface area (Å²) < 4.78 is 0. The third-order valence-electron chi connectivity index (χ3n) is 3.43. The van der Waals surface area contributed by atoms with E-state index in [0.29, 0.717) is 22.5 Å². The maximum atomic E-state index is 12.0. The molecule has 0 amide bonds. The van der Waals surface area contributed by atoms with Crippen molar-refractivity contribution in [2.75, 3.05) is 0 Å². The molecule has 0 unspecified atom stereocenters. The van der Waals surface area contributed by atoms with E-state index in [4.69, 9.17) is 0 Å². The van der Waals surface area contributed by atoms with E-state index in [1.165, 1.54) is 18.2 Å². The lowest BCUT2D eigenvalue weighted by Crippen LogP contribution is -2.13. The molecule has 0 spiro atoms. The summed E-state index contributed by atoms with van der Waals surface area (Å²) in [7, 11) is 0. The molecule has 3 rings (SSSR count). The average Bonchev–Trinajstić information content (AvgIpc) is 2.86. The van der Waals surface area contributed by atoms with Crippen molar-refractivity contribution in [3.8, 4) is 0 Å². The summed E-state index contributed by atoms with van der Waals surface area (Å²) in [5.41, 5.74) is 1.66. The van der Waals surface area contributed by atoms with Crippen LogP contribution in [0.3, 0.4) is 0 Å². The van der Waals surface area contributed by atoms with Crippen molar-refractivity contribution in [3.63, 3.8) is 0 Å². The Morgan fingerprint density at radius 1 is 1.09 bits per heavy atom. The quantitative estimate of drug-likeness (QED) is 0.375. The molecule has 0 saturated heterocycles. The van der Waals surface area contributed by atoms with Crippen molar-refractivity contribution in [3.05, 3.63) is 64.4 Å².